The molecule has 2 aromatic rings. The summed E-state index contributed by atoms with van der Waals surface area (Å²) >= 11 is 0. The van der Waals surface area contributed by atoms with E-state index in [-0.39, 0.29) is 17.4 Å². The molecule has 0 heterocycles. The number of rotatable bonds is 4. The minimum absolute atomic E-state index is 0.210. The zero-order chi connectivity index (χ0) is 17.7. The minimum atomic E-state index is -0.337. The molecule has 0 saturated heterocycles. The summed E-state index contributed by atoms with van der Waals surface area (Å²) in [5.41, 5.74) is 1.15. The predicted molar refractivity (Wildman–Crippen MR) is 94.6 cm³/mol. The maximum absolute atomic E-state index is 12.4. The summed E-state index contributed by atoms with van der Waals surface area (Å²) in [6, 6.07) is 13.7. The molecule has 126 valence electrons. The normalized spacial score (nSPS) is 10.8. The Balaban J connectivity index is 2.15. The second-order valence-corrected chi connectivity index (χ2v) is 6.47. The predicted octanol–water partition coefficient (Wildman–Crippen LogP) is 3.48. The van der Waals surface area contributed by atoms with Gasteiger partial charge in [-0.05, 0) is 51.1 Å². The highest BCUT2D eigenvalue weighted by molar-refractivity contribution is 6.06. The van der Waals surface area contributed by atoms with Crippen LogP contribution in [0.4, 0.5) is 5.69 Å². The molecule has 0 aliphatic carbocycles. The van der Waals surface area contributed by atoms with Crippen LogP contribution in [0.3, 0.4) is 0 Å². The van der Waals surface area contributed by atoms with E-state index in [1.165, 1.54) is 0 Å². The fourth-order valence-corrected chi connectivity index (χ4v) is 2.12. The van der Waals surface area contributed by atoms with Crippen molar-refractivity contribution in [3.8, 4) is 5.75 Å². The van der Waals surface area contributed by atoms with Gasteiger partial charge in [-0.2, -0.15) is 0 Å². The number of carbonyl (C=O) groups excluding carboxylic acids is 2. The Morgan fingerprint density at radius 3 is 2.17 bits per heavy atom. The zero-order valence-electron chi connectivity index (χ0n) is 14.3. The Bertz CT molecular complexity index is 748. The maximum atomic E-state index is 12.4. The van der Waals surface area contributed by atoms with Gasteiger partial charge in [0.25, 0.3) is 11.8 Å². The standard InChI is InChI=1S/C19H22N2O3/c1-19(2,3)21-18(23)14-8-5-7-13(11-14)17(22)20-15-9-6-10-16(12-15)24-4/h5-12H,1-4H3,(H,20,22)(H,21,23). The van der Waals surface area contributed by atoms with Crippen LogP contribution < -0.4 is 15.4 Å². The van der Waals surface area contributed by atoms with E-state index in [0.717, 1.165) is 0 Å². The fraction of sp³-hybridized carbons (Fsp3) is 0.263. The summed E-state index contributed by atoms with van der Waals surface area (Å²) < 4.78 is 5.13. The number of nitrogens with one attached hydrogen (secondary N) is 2. The molecule has 0 spiro atoms. The van der Waals surface area contributed by atoms with Crippen LogP contribution in [0.5, 0.6) is 5.75 Å². The van der Waals surface area contributed by atoms with Crippen LogP contribution >= 0.6 is 0 Å². The topological polar surface area (TPSA) is 67.4 Å². The fourth-order valence-electron chi connectivity index (χ4n) is 2.12. The number of amides is 2. The van der Waals surface area contributed by atoms with Crippen LogP contribution in [-0.4, -0.2) is 24.5 Å². The molecule has 0 aromatic heterocycles. The van der Waals surface area contributed by atoms with Crippen LogP contribution in [0, 0.1) is 0 Å². The molecular formula is C19H22N2O3. The quantitative estimate of drug-likeness (QED) is 0.904. The van der Waals surface area contributed by atoms with Crippen molar-refractivity contribution in [1.29, 1.82) is 0 Å². The Labute approximate surface area is 142 Å². The first-order valence-electron chi connectivity index (χ1n) is 7.66. The van der Waals surface area contributed by atoms with Gasteiger partial charge in [0, 0.05) is 28.4 Å². The van der Waals surface area contributed by atoms with E-state index < -0.39 is 0 Å². The largest absolute Gasteiger partial charge is 0.497 e. The lowest BCUT2D eigenvalue weighted by molar-refractivity contribution is 0.0919. The molecule has 0 radical (unpaired) electrons. The lowest BCUT2D eigenvalue weighted by Gasteiger charge is -2.20. The second kappa shape index (κ2) is 7.17. The van der Waals surface area contributed by atoms with Crippen molar-refractivity contribution in [1.82, 2.24) is 5.32 Å². The van der Waals surface area contributed by atoms with Crippen molar-refractivity contribution in [2.75, 3.05) is 12.4 Å². The molecule has 0 saturated carbocycles. The molecule has 2 aromatic carbocycles. The number of ether oxygens (including phenoxy) is 1. The molecule has 0 aliphatic rings. The van der Waals surface area contributed by atoms with Gasteiger partial charge in [0.15, 0.2) is 0 Å². The number of hydrogen-bond donors (Lipinski definition) is 2. The highest BCUT2D eigenvalue weighted by Gasteiger charge is 2.16. The lowest BCUT2D eigenvalue weighted by Crippen LogP contribution is -2.40. The molecule has 24 heavy (non-hydrogen) atoms. The van der Waals surface area contributed by atoms with Crippen LogP contribution in [0.15, 0.2) is 48.5 Å². The van der Waals surface area contributed by atoms with Gasteiger partial charge in [0.2, 0.25) is 0 Å². The summed E-state index contributed by atoms with van der Waals surface area (Å²) in [5, 5.41) is 5.68. The first kappa shape index (κ1) is 17.5. The molecule has 2 rings (SSSR count). The summed E-state index contributed by atoms with van der Waals surface area (Å²) in [6.45, 7) is 5.72. The van der Waals surface area contributed by atoms with E-state index in [2.05, 4.69) is 10.6 Å². The smallest absolute Gasteiger partial charge is 0.255 e. The van der Waals surface area contributed by atoms with E-state index >= 15 is 0 Å². The van der Waals surface area contributed by atoms with Gasteiger partial charge in [-0.3, -0.25) is 9.59 Å². The molecule has 0 atom stereocenters. The van der Waals surface area contributed by atoms with E-state index in [4.69, 9.17) is 4.74 Å². The number of anilines is 1. The van der Waals surface area contributed by atoms with Crippen molar-refractivity contribution in [2.24, 2.45) is 0 Å². The monoisotopic (exact) mass is 326 g/mol. The highest BCUT2D eigenvalue weighted by atomic mass is 16.5. The van der Waals surface area contributed by atoms with E-state index in [0.29, 0.717) is 22.6 Å². The van der Waals surface area contributed by atoms with Gasteiger partial charge in [0.1, 0.15) is 5.75 Å². The van der Waals surface area contributed by atoms with E-state index in [9.17, 15) is 9.59 Å². The van der Waals surface area contributed by atoms with Crippen molar-refractivity contribution in [2.45, 2.75) is 26.3 Å². The van der Waals surface area contributed by atoms with Crippen LogP contribution in [0.2, 0.25) is 0 Å². The van der Waals surface area contributed by atoms with E-state index in [1.54, 1.807) is 55.6 Å². The van der Waals surface area contributed by atoms with Crippen LogP contribution in [-0.2, 0) is 0 Å². The summed E-state index contributed by atoms with van der Waals surface area (Å²) in [4.78, 5) is 24.6. The SMILES string of the molecule is COc1cccc(NC(=O)c2cccc(C(=O)NC(C)(C)C)c2)c1. The van der Waals surface area contributed by atoms with Crippen molar-refractivity contribution in [3.63, 3.8) is 0 Å². The number of carbonyl (C=O) groups is 2. The Kier molecular flexibility index (Phi) is 5.24. The third-order valence-corrected chi connectivity index (χ3v) is 3.20. The molecule has 0 fully saturated rings. The van der Waals surface area contributed by atoms with Gasteiger partial charge in [-0.15, -0.1) is 0 Å². The maximum Gasteiger partial charge on any atom is 0.255 e. The summed E-state index contributed by atoms with van der Waals surface area (Å²) in [6.07, 6.45) is 0. The van der Waals surface area contributed by atoms with Gasteiger partial charge in [-0.1, -0.05) is 12.1 Å². The number of benzene rings is 2. The van der Waals surface area contributed by atoms with Crippen LogP contribution in [0.25, 0.3) is 0 Å². The zero-order valence-corrected chi connectivity index (χ0v) is 14.3. The molecule has 0 unspecified atom stereocenters. The Morgan fingerprint density at radius 1 is 0.917 bits per heavy atom. The molecule has 2 amide bonds. The molecule has 2 N–H and O–H groups in total. The first-order valence-corrected chi connectivity index (χ1v) is 7.66. The molecular weight excluding hydrogens is 304 g/mol. The molecule has 5 nitrogen and oxygen atoms in total. The molecule has 0 bridgehead atoms. The third kappa shape index (κ3) is 4.84. The van der Waals surface area contributed by atoms with Gasteiger partial charge < -0.3 is 15.4 Å². The van der Waals surface area contributed by atoms with Crippen molar-refractivity contribution < 1.29 is 14.3 Å². The van der Waals surface area contributed by atoms with Crippen molar-refractivity contribution in [3.05, 3.63) is 59.7 Å². The van der Waals surface area contributed by atoms with Crippen LogP contribution in [0.1, 0.15) is 41.5 Å². The number of methoxy groups -OCH3 is 1. The van der Waals surface area contributed by atoms with E-state index in [1.807, 2.05) is 20.8 Å². The lowest BCUT2D eigenvalue weighted by atomic mass is 10.1. The van der Waals surface area contributed by atoms with Gasteiger partial charge in [0.05, 0.1) is 7.11 Å². The Morgan fingerprint density at radius 2 is 1.54 bits per heavy atom. The first-order chi connectivity index (χ1) is 11.3. The average molecular weight is 326 g/mol. The van der Waals surface area contributed by atoms with Gasteiger partial charge >= 0.3 is 0 Å². The summed E-state index contributed by atoms with van der Waals surface area (Å²) in [5.74, 6) is 0.165. The summed E-state index contributed by atoms with van der Waals surface area (Å²) in [7, 11) is 1.57. The molecule has 5 heteroatoms. The third-order valence-electron chi connectivity index (χ3n) is 3.20. The second-order valence-electron chi connectivity index (χ2n) is 6.47. The highest BCUT2D eigenvalue weighted by Crippen LogP contribution is 2.18. The number of hydrogen-bond acceptors (Lipinski definition) is 3. The van der Waals surface area contributed by atoms with Gasteiger partial charge in [-0.25, -0.2) is 0 Å². The molecule has 0 aliphatic heterocycles. The average Bonchev–Trinajstić information content (AvgIpc) is 2.53. The van der Waals surface area contributed by atoms with Crippen molar-refractivity contribution >= 4 is 17.5 Å². The Hall–Kier alpha value is -2.82. The minimum Gasteiger partial charge on any atom is -0.497 e.